The Kier molecular flexibility index (Phi) is 3.46. The molecule has 0 aliphatic rings. The van der Waals surface area contributed by atoms with E-state index in [1.807, 2.05) is 17.7 Å². The van der Waals surface area contributed by atoms with E-state index in [4.69, 9.17) is 5.84 Å². The maximum absolute atomic E-state index is 12.8. The lowest BCUT2D eigenvalue weighted by Crippen LogP contribution is -2.31. The highest BCUT2D eigenvalue weighted by atomic mass is 19.1. The Balaban J connectivity index is 2.36. The summed E-state index contributed by atoms with van der Waals surface area (Å²) >= 11 is 0. The number of nitrogens with two attached hydrogens (primary N) is 1. The van der Waals surface area contributed by atoms with Gasteiger partial charge in [-0.25, -0.2) is 14.8 Å². The van der Waals surface area contributed by atoms with E-state index in [1.54, 1.807) is 12.3 Å². The van der Waals surface area contributed by atoms with Gasteiger partial charge in [0.1, 0.15) is 17.7 Å². The molecule has 0 spiro atoms. The molecule has 0 aliphatic carbocycles. The summed E-state index contributed by atoms with van der Waals surface area (Å²) in [6.45, 7) is 2.80. The summed E-state index contributed by atoms with van der Waals surface area (Å²) in [6.07, 6.45) is 4.73. The topological polar surface area (TPSA) is 68.8 Å². The summed E-state index contributed by atoms with van der Waals surface area (Å²) in [4.78, 5) is 8.25. The highest BCUT2D eigenvalue weighted by molar-refractivity contribution is 5.18. The largest absolute Gasteiger partial charge is 0.334 e. The number of pyridine rings is 1. The van der Waals surface area contributed by atoms with Gasteiger partial charge >= 0.3 is 0 Å². The first-order chi connectivity index (χ1) is 8.26. The number of hydrogen-bond acceptors (Lipinski definition) is 4. The molecule has 0 radical (unpaired) electrons. The van der Waals surface area contributed by atoms with Gasteiger partial charge in [-0.1, -0.05) is 0 Å². The summed E-state index contributed by atoms with van der Waals surface area (Å²) in [5, 5.41) is 0. The third kappa shape index (κ3) is 2.32. The average molecular weight is 235 g/mol. The third-order valence-corrected chi connectivity index (χ3v) is 2.56. The molecule has 0 fully saturated rings. The van der Waals surface area contributed by atoms with Crippen molar-refractivity contribution in [3.63, 3.8) is 0 Å². The van der Waals surface area contributed by atoms with Crippen molar-refractivity contribution in [2.75, 3.05) is 0 Å². The van der Waals surface area contributed by atoms with E-state index in [2.05, 4.69) is 15.4 Å². The second kappa shape index (κ2) is 5.03. The van der Waals surface area contributed by atoms with Crippen LogP contribution in [0.3, 0.4) is 0 Å². The van der Waals surface area contributed by atoms with E-state index in [9.17, 15) is 4.39 Å². The van der Waals surface area contributed by atoms with Crippen molar-refractivity contribution in [3.8, 4) is 0 Å². The Morgan fingerprint density at radius 3 is 2.88 bits per heavy atom. The summed E-state index contributed by atoms with van der Waals surface area (Å²) in [6, 6.07) is 2.60. The van der Waals surface area contributed by atoms with E-state index >= 15 is 0 Å². The van der Waals surface area contributed by atoms with Gasteiger partial charge in [-0.15, -0.1) is 0 Å². The Hall–Kier alpha value is -1.79. The van der Waals surface area contributed by atoms with E-state index in [1.165, 1.54) is 12.3 Å². The lowest BCUT2D eigenvalue weighted by atomic mass is 10.2. The quantitative estimate of drug-likeness (QED) is 0.612. The molecule has 0 saturated heterocycles. The molecular weight excluding hydrogens is 221 g/mol. The fourth-order valence-electron chi connectivity index (χ4n) is 1.70. The van der Waals surface area contributed by atoms with Crippen LogP contribution in [-0.2, 0) is 6.54 Å². The number of rotatable bonds is 4. The minimum Gasteiger partial charge on any atom is -0.334 e. The molecule has 0 aliphatic heterocycles. The van der Waals surface area contributed by atoms with Crippen LogP contribution in [0.1, 0.15) is 24.5 Å². The molecule has 0 amide bonds. The molecule has 5 nitrogen and oxygen atoms in total. The van der Waals surface area contributed by atoms with Crippen molar-refractivity contribution in [2.24, 2.45) is 5.84 Å². The number of halogens is 1. The van der Waals surface area contributed by atoms with E-state index in [0.717, 1.165) is 12.4 Å². The second-order valence-electron chi connectivity index (χ2n) is 3.57. The number of imidazole rings is 1. The first-order valence-corrected chi connectivity index (χ1v) is 5.35. The van der Waals surface area contributed by atoms with Gasteiger partial charge in [-0.2, -0.15) is 0 Å². The monoisotopic (exact) mass is 235 g/mol. The molecule has 2 heterocycles. The molecule has 1 atom stereocenters. The van der Waals surface area contributed by atoms with Crippen LogP contribution >= 0.6 is 0 Å². The Morgan fingerprint density at radius 2 is 2.29 bits per heavy atom. The van der Waals surface area contributed by atoms with Crippen LogP contribution in [0.25, 0.3) is 0 Å². The minimum atomic E-state index is -0.372. The van der Waals surface area contributed by atoms with E-state index < -0.39 is 0 Å². The highest BCUT2D eigenvalue weighted by Gasteiger charge is 2.18. The fraction of sp³-hybridized carbons (Fsp3) is 0.273. The average Bonchev–Trinajstić information content (AvgIpc) is 2.81. The summed E-state index contributed by atoms with van der Waals surface area (Å²) in [5.41, 5.74) is 3.28. The van der Waals surface area contributed by atoms with Crippen molar-refractivity contribution in [3.05, 3.63) is 48.1 Å². The van der Waals surface area contributed by atoms with Crippen molar-refractivity contribution < 1.29 is 4.39 Å². The van der Waals surface area contributed by atoms with Crippen molar-refractivity contribution in [1.82, 2.24) is 20.0 Å². The highest BCUT2D eigenvalue weighted by Crippen LogP contribution is 2.17. The lowest BCUT2D eigenvalue weighted by molar-refractivity contribution is 0.545. The van der Waals surface area contributed by atoms with Gasteiger partial charge in [0.2, 0.25) is 0 Å². The van der Waals surface area contributed by atoms with Gasteiger partial charge in [0.15, 0.2) is 0 Å². The summed E-state index contributed by atoms with van der Waals surface area (Å²) in [5.74, 6) is 5.91. The maximum atomic E-state index is 12.8. The number of hydrazine groups is 1. The number of nitrogens with zero attached hydrogens (tertiary/aromatic N) is 3. The Labute approximate surface area is 98.5 Å². The third-order valence-electron chi connectivity index (χ3n) is 2.56. The van der Waals surface area contributed by atoms with Crippen LogP contribution in [0.5, 0.6) is 0 Å². The molecule has 0 bridgehead atoms. The van der Waals surface area contributed by atoms with Gasteiger partial charge in [0.05, 0.1) is 11.9 Å². The Bertz CT molecular complexity index is 479. The molecule has 90 valence electrons. The van der Waals surface area contributed by atoms with Crippen LogP contribution in [0.4, 0.5) is 4.39 Å². The smallest absolute Gasteiger partial charge is 0.141 e. The molecule has 3 N–H and O–H groups in total. The van der Waals surface area contributed by atoms with Crippen molar-refractivity contribution >= 4 is 0 Å². The lowest BCUT2D eigenvalue weighted by Gasteiger charge is -2.16. The zero-order valence-corrected chi connectivity index (χ0v) is 9.47. The van der Waals surface area contributed by atoms with Crippen LogP contribution in [0.15, 0.2) is 30.7 Å². The van der Waals surface area contributed by atoms with Gasteiger partial charge in [0.25, 0.3) is 0 Å². The van der Waals surface area contributed by atoms with Gasteiger partial charge in [-0.3, -0.25) is 10.8 Å². The number of nitrogens with one attached hydrogen (secondary N) is 1. The standard InChI is InChI=1S/C11H14FN5/c1-2-17-6-5-14-11(17)10(16-13)9-4-3-8(12)7-15-9/h3-7,10,16H,2,13H2,1H3. The normalized spacial score (nSPS) is 12.6. The number of aromatic nitrogens is 3. The van der Waals surface area contributed by atoms with Crippen LogP contribution in [0, 0.1) is 5.82 Å². The fourth-order valence-corrected chi connectivity index (χ4v) is 1.70. The molecular formula is C11H14FN5. The van der Waals surface area contributed by atoms with Crippen molar-refractivity contribution in [2.45, 2.75) is 19.5 Å². The van der Waals surface area contributed by atoms with Crippen LogP contribution in [-0.4, -0.2) is 14.5 Å². The SMILES string of the molecule is CCn1ccnc1C(NN)c1ccc(F)cn1. The van der Waals surface area contributed by atoms with Gasteiger partial charge in [-0.05, 0) is 19.1 Å². The predicted octanol–water partition coefficient (Wildman–Crippen LogP) is 0.990. The van der Waals surface area contributed by atoms with Gasteiger partial charge in [0, 0.05) is 18.9 Å². The number of hydrogen-bond donors (Lipinski definition) is 2. The summed E-state index contributed by atoms with van der Waals surface area (Å²) in [7, 11) is 0. The molecule has 1 unspecified atom stereocenters. The molecule has 2 aromatic rings. The molecule has 0 saturated carbocycles. The van der Waals surface area contributed by atoms with Crippen molar-refractivity contribution in [1.29, 1.82) is 0 Å². The molecule has 17 heavy (non-hydrogen) atoms. The second-order valence-corrected chi connectivity index (χ2v) is 3.57. The van der Waals surface area contributed by atoms with E-state index in [-0.39, 0.29) is 11.9 Å². The van der Waals surface area contributed by atoms with E-state index in [0.29, 0.717) is 5.69 Å². The predicted molar refractivity (Wildman–Crippen MR) is 61.3 cm³/mol. The van der Waals surface area contributed by atoms with Gasteiger partial charge < -0.3 is 4.57 Å². The zero-order valence-electron chi connectivity index (χ0n) is 9.47. The van der Waals surface area contributed by atoms with Crippen LogP contribution < -0.4 is 11.3 Å². The molecule has 0 aromatic carbocycles. The Morgan fingerprint density at radius 1 is 1.47 bits per heavy atom. The zero-order chi connectivity index (χ0) is 12.3. The molecule has 2 aromatic heterocycles. The number of aryl methyl sites for hydroxylation is 1. The summed E-state index contributed by atoms with van der Waals surface area (Å²) < 4.78 is 14.8. The maximum Gasteiger partial charge on any atom is 0.141 e. The first-order valence-electron chi connectivity index (χ1n) is 5.35. The minimum absolute atomic E-state index is 0.342. The molecule has 6 heteroatoms. The first kappa shape index (κ1) is 11.7. The molecule has 2 rings (SSSR count). The van der Waals surface area contributed by atoms with Crippen LogP contribution in [0.2, 0.25) is 0 Å².